The number of hydrogen-bond acceptors (Lipinski definition) is 3. The summed E-state index contributed by atoms with van der Waals surface area (Å²) in [6, 6.07) is 5.31. The van der Waals surface area contributed by atoms with Gasteiger partial charge in [-0.2, -0.15) is 0 Å². The molecule has 1 saturated heterocycles. The van der Waals surface area contributed by atoms with Crippen LogP contribution >= 0.6 is 0 Å². The number of rotatable bonds is 1. The number of amides is 1. The summed E-state index contributed by atoms with van der Waals surface area (Å²) in [5.74, 6) is 0.693. The Morgan fingerprint density at radius 1 is 1.59 bits per heavy atom. The van der Waals surface area contributed by atoms with Gasteiger partial charge < -0.3 is 9.52 Å². The molecule has 1 atom stereocenters. The maximum atomic E-state index is 11.1. The first-order valence-electron chi connectivity index (χ1n) is 5.60. The zero-order valence-electron chi connectivity index (χ0n) is 9.17. The summed E-state index contributed by atoms with van der Waals surface area (Å²) in [6.45, 7) is 0.574. The van der Waals surface area contributed by atoms with Crippen molar-refractivity contribution in [3.63, 3.8) is 0 Å². The highest BCUT2D eigenvalue weighted by Gasteiger charge is 2.32. The molecule has 1 N–H and O–H groups in total. The molecule has 0 radical (unpaired) electrons. The molecule has 2 aromatic rings. The third kappa shape index (κ3) is 1.63. The fraction of sp³-hybridized carbons (Fsp3) is 0.333. The highest BCUT2D eigenvalue weighted by Crippen LogP contribution is 2.34. The second-order valence-electron chi connectivity index (χ2n) is 4.17. The fourth-order valence-corrected chi connectivity index (χ4v) is 2.34. The SMILES string of the molecule is O=C(O)N1CCCC1c1cc2ncccc2o1. The lowest BCUT2D eigenvalue weighted by atomic mass is 10.2. The van der Waals surface area contributed by atoms with E-state index in [0.717, 1.165) is 18.4 Å². The number of carboxylic acid groups (broad SMARTS) is 1. The average Bonchev–Trinajstić information content (AvgIpc) is 2.95. The lowest BCUT2D eigenvalue weighted by Crippen LogP contribution is -2.28. The fourth-order valence-electron chi connectivity index (χ4n) is 2.34. The van der Waals surface area contributed by atoms with E-state index in [1.165, 1.54) is 4.90 Å². The molecule has 0 bridgehead atoms. The smallest absolute Gasteiger partial charge is 0.407 e. The predicted molar refractivity (Wildman–Crippen MR) is 60.7 cm³/mol. The molecule has 0 aliphatic carbocycles. The van der Waals surface area contributed by atoms with Crippen LogP contribution < -0.4 is 0 Å². The van der Waals surface area contributed by atoms with Crippen molar-refractivity contribution < 1.29 is 14.3 Å². The summed E-state index contributed by atoms with van der Waals surface area (Å²) in [7, 11) is 0. The molecular weight excluding hydrogens is 220 g/mol. The maximum absolute atomic E-state index is 11.1. The standard InChI is InChI=1S/C12H12N2O3/c15-12(16)14-6-2-3-9(14)11-7-8-10(17-11)4-1-5-13-8/h1,4-5,7,9H,2-3,6H2,(H,15,16). The van der Waals surface area contributed by atoms with E-state index >= 15 is 0 Å². The van der Waals surface area contributed by atoms with Crippen LogP contribution in [0, 0.1) is 0 Å². The lowest BCUT2D eigenvalue weighted by molar-refractivity contribution is 0.135. The molecule has 1 fully saturated rings. The Bertz CT molecular complexity index is 531. The van der Waals surface area contributed by atoms with Gasteiger partial charge in [0.25, 0.3) is 0 Å². The summed E-state index contributed by atoms with van der Waals surface area (Å²) in [5, 5.41) is 9.09. The Morgan fingerprint density at radius 3 is 3.24 bits per heavy atom. The molecular formula is C12H12N2O3. The van der Waals surface area contributed by atoms with Crippen molar-refractivity contribution in [1.29, 1.82) is 0 Å². The minimum atomic E-state index is -0.888. The number of pyridine rings is 1. The Hall–Kier alpha value is -2.04. The summed E-state index contributed by atoms with van der Waals surface area (Å²) in [6.07, 6.45) is 2.50. The van der Waals surface area contributed by atoms with Crippen LogP contribution in [0.1, 0.15) is 24.6 Å². The molecule has 1 aliphatic rings. The molecule has 17 heavy (non-hydrogen) atoms. The zero-order valence-corrected chi connectivity index (χ0v) is 9.17. The van der Waals surface area contributed by atoms with Crippen LogP contribution in [0.25, 0.3) is 11.1 Å². The summed E-state index contributed by atoms with van der Waals surface area (Å²) in [5.41, 5.74) is 1.49. The van der Waals surface area contributed by atoms with Gasteiger partial charge in [0.05, 0.1) is 6.04 Å². The highest BCUT2D eigenvalue weighted by molar-refractivity contribution is 5.73. The first kappa shape index (κ1) is 10.1. The molecule has 5 heteroatoms. The van der Waals surface area contributed by atoms with Gasteiger partial charge >= 0.3 is 6.09 Å². The Labute approximate surface area is 97.7 Å². The average molecular weight is 232 g/mol. The van der Waals surface area contributed by atoms with Gasteiger partial charge in [0.1, 0.15) is 11.3 Å². The van der Waals surface area contributed by atoms with Crippen LogP contribution in [0.4, 0.5) is 4.79 Å². The minimum Gasteiger partial charge on any atom is -0.465 e. The van der Waals surface area contributed by atoms with Crippen molar-refractivity contribution >= 4 is 17.2 Å². The number of furan rings is 1. The number of aromatic nitrogens is 1. The molecule has 1 aliphatic heterocycles. The number of nitrogens with zero attached hydrogens (tertiary/aromatic N) is 2. The normalized spacial score (nSPS) is 20.0. The van der Waals surface area contributed by atoms with Crippen molar-refractivity contribution in [3.8, 4) is 0 Å². The Kier molecular flexibility index (Phi) is 2.24. The van der Waals surface area contributed by atoms with Gasteiger partial charge in [0, 0.05) is 18.8 Å². The van der Waals surface area contributed by atoms with Crippen molar-refractivity contribution in [2.24, 2.45) is 0 Å². The zero-order chi connectivity index (χ0) is 11.8. The molecule has 3 heterocycles. The first-order valence-corrected chi connectivity index (χ1v) is 5.60. The monoisotopic (exact) mass is 232 g/mol. The van der Waals surface area contributed by atoms with E-state index in [1.54, 1.807) is 12.3 Å². The molecule has 5 nitrogen and oxygen atoms in total. The van der Waals surface area contributed by atoms with Crippen LogP contribution in [0.3, 0.4) is 0 Å². The van der Waals surface area contributed by atoms with Crippen molar-refractivity contribution in [3.05, 3.63) is 30.2 Å². The van der Waals surface area contributed by atoms with Crippen LogP contribution in [-0.4, -0.2) is 27.6 Å². The summed E-state index contributed by atoms with van der Waals surface area (Å²) >= 11 is 0. The van der Waals surface area contributed by atoms with E-state index < -0.39 is 6.09 Å². The van der Waals surface area contributed by atoms with E-state index in [0.29, 0.717) is 17.9 Å². The van der Waals surface area contributed by atoms with Crippen molar-refractivity contribution in [2.75, 3.05) is 6.54 Å². The number of carbonyl (C=O) groups is 1. The molecule has 88 valence electrons. The Morgan fingerprint density at radius 2 is 2.47 bits per heavy atom. The van der Waals surface area contributed by atoms with Gasteiger partial charge in [-0.05, 0) is 25.0 Å². The van der Waals surface area contributed by atoms with Gasteiger partial charge in [-0.3, -0.25) is 9.88 Å². The van der Waals surface area contributed by atoms with Crippen molar-refractivity contribution in [2.45, 2.75) is 18.9 Å². The number of hydrogen-bond donors (Lipinski definition) is 1. The third-order valence-electron chi connectivity index (χ3n) is 3.13. The molecule has 1 unspecified atom stereocenters. The van der Waals surface area contributed by atoms with Gasteiger partial charge in [-0.25, -0.2) is 4.79 Å². The third-order valence-corrected chi connectivity index (χ3v) is 3.13. The maximum Gasteiger partial charge on any atom is 0.407 e. The predicted octanol–water partition coefficient (Wildman–Crippen LogP) is 2.64. The quantitative estimate of drug-likeness (QED) is 0.820. The van der Waals surface area contributed by atoms with E-state index in [9.17, 15) is 4.79 Å². The number of likely N-dealkylation sites (tertiary alicyclic amines) is 1. The van der Waals surface area contributed by atoms with Crippen LogP contribution in [-0.2, 0) is 0 Å². The molecule has 1 amide bonds. The summed E-state index contributed by atoms with van der Waals surface area (Å²) in [4.78, 5) is 16.7. The topological polar surface area (TPSA) is 66.6 Å². The molecule has 0 saturated carbocycles. The van der Waals surface area contributed by atoms with Gasteiger partial charge in [0.2, 0.25) is 0 Å². The van der Waals surface area contributed by atoms with E-state index in [2.05, 4.69) is 4.98 Å². The van der Waals surface area contributed by atoms with Gasteiger partial charge in [-0.1, -0.05) is 0 Å². The summed E-state index contributed by atoms with van der Waals surface area (Å²) < 4.78 is 5.66. The minimum absolute atomic E-state index is 0.165. The second-order valence-corrected chi connectivity index (χ2v) is 4.17. The largest absolute Gasteiger partial charge is 0.465 e. The van der Waals surface area contributed by atoms with Crippen LogP contribution in [0.2, 0.25) is 0 Å². The first-order chi connectivity index (χ1) is 8.25. The Balaban J connectivity index is 2.00. The van der Waals surface area contributed by atoms with Crippen LogP contribution in [0.5, 0.6) is 0 Å². The van der Waals surface area contributed by atoms with Crippen molar-refractivity contribution in [1.82, 2.24) is 9.88 Å². The van der Waals surface area contributed by atoms with Gasteiger partial charge in [-0.15, -0.1) is 0 Å². The molecule has 0 spiro atoms. The molecule has 3 rings (SSSR count). The second kappa shape index (κ2) is 3.76. The van der Waals surface area contributed by atoms with Gasteiger partial charge in [0.15, 0.2) is 5.58 Å². The highest BCUT2D eigenvalue weighted by atomic mass is 16.4. The van der Waals surface area contributed by atoms with E-state index in [4.69, 9.17) is 9.52 Å². The van der Waals surface area contributed by atoms with Crippen LogP contribution in [0.15, 0.2) is 28.8 Å². The number of fused-ring (bicyclic) bond motifs is 1. The molecule has 2 aromatic heterocycles. The molecule has 0 aromatic carbocycles. The lowest BCUT2D eigenvalue weighted by Gasteiger charge is -2.18. The van der Waals surface area contributed by atoms with E-state index in [1.807, 2.05) is 12.1 Å². The van der Waals surface area contributed by atoms with E-state index in [-0.39, 0.29) is 6.04 Å².